The highest BCUT2D eigenvalue weighted by molar-refractivity contribution is 7.16. The van der Waals surface area contributed by atoms with Gasteiger partial charge in [0.15, 0.2) is 0 Å². The molecule has 0 bridgehead atoms. The molecule has 0 aliphatic heterocycles. The maximum absolute atomic E-state index is 9.53. The number of nitrogen functional groups attached to an aromatic ring is 1. The molecule has 5 nitrogen and oxygen atoms in total. The smallest absolute Gasteiger partial charge is 0.295 e. The van der Waals surface area contributed by atoms with Crippen LogP contribution in [0.1, 0.15) is 19.3 Å². The third-order valence-electron chi connectivity index (χ3n) is 2.46. The molecule has 1 heterocycles. The lowest BCUT2D eigenvalue weighted by Gasteiger charge is -2.13. The van der Waals surface area contributed by atoms with Gasteiger partial charge in [0.25, 0.3) is 5.19 Å². The Kier molecular flexibility index (Phi) is 2.83. The summed E-state index contributed by atoms with van der Waals surface area (Å²) in [4.78, 5) is 0. The van der Waals surface area contributed by atoms with Crippen molar-refractivity contribution >= 4 is 16.5 Å². The molecule has 1 aromatic heterocycles. The third kappa shape index (κ3) is 2.13. The van der Waals surface area contributed by atoms with Crippen LogP contribution in [-0.4, -0.2) is 28.0 Å². The van der Waals surface area contributed by atoms with Crippen molar-refractivity contribution in [1.29, 1.82) is 0 Å². The van der Waals surface area contributed by atoms with E-state index in [2.05, 4.69) is 10.2 Å². The van der Waals surface area contributed by atoms with Crippen molar-refractivity contribution in [3.8, 4) is 5.19 Å². The fraction of sp³-hybridized carbons (Fsp3) is 0.750. The van der Waals surface area contributed by atoms with Crippen molar-refractivity contribution in [1.82, 2.24) is 10.2 Å². The summed E-state index contributed by atoms with van der Waals surface area (Å²) in [5, 5.41) is 17.8. The Balaban J connectivity index is 1.82. The number of nitrogens with two attached hydrogens (primary N) is 1. The minimum Gasteiger partial charge on any atom is -0.469 e. The molecular formula is C8H13N3O2S. The zero-order valence-electron chi connectivity index (χ0n) is 7.72. The van der Waals surface area contributed by atoms with Crippen LogP contribution >= 0.6 is 11.3 Å². The topological polar surface area (TPSA) is 81.3 Å². The summed E-state index contributed by atoms with van der Waals surface area (Å²) in [5.41, 5.74) is 5.41. The largest absolute Gasteiger partial charge is 0.469 e. The molecule has 0 spiro atoms. The second-order valence-corrected chi connectivity index (χ2v) is 4.45. The maximum Gasteiger partial charge on any atom is 0.295 e. The summed E-state index contributed by atoms with van der Waals surface area (Å²) in [6.07, 6.45) is 2.76. The van der Waals surface area contributed by atoms with E-state index in [-0.39, 0.29) is 12.0 Å². The molecular weight excluding hydrogens is 202 g/mol. The van der Waals surface area contributed by atoms with Crippen LogP contribution in [0, 0.1) is 5.92 Å². The van der Waals surface area contributed by atoms with Crippen LogP contribution in [-0.2, 0) is 0 Å². The highest BCUT2D eigenvalue weighted by Gasteiger charge is 2.25. The fourth-order valence-corrected chi connectivity index (χ4v) is 2.14. The molecule has 0 amide bonds. The number of hydrogen-bond donors (Lipinski definition) is 2. The lowest BCUT2D eigenvalue weighted by molar-refractivity contribution is 0.0982. The Morgan fingerprint density at radius 2 is 2.36 bits per heavy atom. The van der Waals surface area contributed by atoms with E-state index < -0.39 is 0 Å². The second-order valence-electron chi connectivity index (χ2n) is 3.48. The molecule has 0 radical (unpaired) electrons. The SMILES string of the molecule is Nc1nnc(OC[C@@H]2CCC[C@@H]2O)s1. The normalized spacial score (nSPS) is 26.6. The van der Waals surface area contributed by atoms with E-state index in [0.717, 1.165) is 19.3 Å². The minimum atomic E-state index is -0.222. The molecule has 1 aliphatic carbocycles. The van der Waals surface area contributed by atoms with Gasteiger partial charge in [0, 0.05) is 5.92 Å². The summed E-state index contributed by atoms with van der Waals surface area (Å²) in [5.74, 6) is 0.236. The Bertz CT molecular complexity index is 305. The van der Waals surface area contributed by atoms with Gasteiger partial charge in [-0.2, -0.15) is 0 Å². The Morgan fingerprint density at radius 3 is 2.93 bits per heavy atom. The molecule has 1 saturated carbocycles. The van der Waals surface area contributed by atoms with Crippen molar-refractivity contribution in [2.24, 2.45) is 5.92 Å². The van der Waals surface area contributed by atoms with Crippen molar-refractivity contribution in [3.05, 3.63) is 0 Å². The van der Waals surface area contributed by atoms with E-state index in [4.69, 9.17) is 10.5 Å². The molecule has 6 heteroatoms. The van der Waals surface area contributed by atoms with Gasteiger partial charge in [0.05, 0.1) is 12.7 Å². The number of aromatic nitrogens is 2. The van der Waals surface area contributed by atoms with Crippen molar-refractivity contribution in [3.63, 3.8) is 0 Å². The first-order valence-electron chi connectivity index (χ1n) is 4.65. The van der Waals surface area contributed by atoms with Crippen LogP contribution in [0.25, 0.3) is 0 Å². The summed E-state index contributed by atoms with van der Waals surface area (Å²) in [6, 6.07) is 0. The van der Waals surface area contributed by atoms with Crippen LogP contribution in [0.5, 0.6) is 5.19 Å². The molecule has 78 valence electrons. The molecule has 0 aromatic carbocycles. The van der Waals surface area contributed by atoms with Gasteiger partial charge < -0.3 is 15.6 Å². The summed E-state index contributed by atoms with van der Waals surface area (Å²) in [7, 11) is 0. The molecule has 14 heavy (non-hydrogen) atoms. The predicted molar refractivity (Wildman–Crippen MR) is 53.2 cm³/mol. The van der Waals surface area contributed by atoms with Gasteiger partial charge in [-0.3, -0.25) is 0 Å². The molecule has 1 aliphatic rings. The molecule has 1 aromatic rings. The molecule has 1 fully saturated rings. The van der Waals surface area contributed by atoms with Crippen molar-refractivity contribution < 1.29 is 9.84 Å². The fourth-order valence-electron chi connectivity index (χ4n) is 1.67. The van der Waals surface area contributed by atoms with E-state index in [1.807, 2.05) is 0 Å². The van der Waals surface area contributed by atoms with Gasteiger partial charge in [-0.05, 0) is 24.2 Å². The number of nitrogens with zero attached hydrogens (tertiary/aromatic N) is 2. The number of aliphatic hydroxyl groups is 1. The molecule has 0 saturated heterocycles. The summed E-state index contributed by atoms with van der Waals surface area (Å²) >= 11 is 1.22. The predicted octanol–water partition coefficient (Wildman–Crippen LogP) is 0.660. The highest BCUT2D eigenvalue weighted by Crippen LogP contribution is 2.27. The Morgan fingerprint density at radius 1 is 1.50 bits per heavy atom. The quantitative estimate of drug-likeness (QED) is 0.774. The highest BCUT2D eigenvalue weighted by atomic mass is 32.1. The molecule has 2 rings (SSSR count). The summed E-state index contributed by atoms with van der Waals surface area (Å²) < 4.78 is 5.39. The van der Waals surface area contributed by atoms with Crippen LogP contribution in [0.3, 0.4) is 0 Å². The number of rotatable bonds is 3. The number of aliphatic hydroxyl groups excluding tert-OH is 1. The average Bonchev–Trinajstić information content (AvgIpc) is 2.72. The van der Waals surface area contributed by atoms with Crippen molar-refractivity contribution in [2.45, 2.75) is 25.4 Å². The molecule has 2 atom stereocenters. The van der Waals surface area contributed by atoms with Crippen LogP contribution in [0.15, 0.2) is 0 Å². The van der Waals surface area contributed by atoms with E-state index in [0.29, 0.717) is 16.9 Å². The van der Waals surface area contributed by atoms with Crippen LogP contribution in [0.4, 0.5) is 5.13 Å². The van der Waals surface area contributed by atoms with Gasteiger partial charge in [0.2, 0.25) is 5.13 Å². The lowest BCUT2D eigenvalue weighted by Crippen LogP contribution is -2.20. The zero-order valence-corrected chi connectivity index (χ0v) is 8.54. The number of hydrogen-bond acceptors (Lipinski definition) is 6. The second kappa shape index (κ2) is 4.10. The molecule has 3 N–H and O–H groups in total. The Hall–Kier alpha value is -0.880. The molecule has 0 unspecified atom stereocenters. The first kappa shape index (κ1) is 9.67. The van der Waals surface area contributed by atoms with E-state index in [9.17, 15) is 5.11 Å². The van der Waals surface area contributed by atoms with E-state index >= 15 is 0 Å². The first-order chi connectivity index (χ1) is 6.75. The minimum absolute atomic E-state index is 0.222. The van der Waals surface area contributed by atoms with Crippen molar-refractivity contribution in [2.75, 3.05) is 12.3 Å². The third-order valence-corrected chi connectivity index (χ3v) is 3.13. The van der Waals surface area contributed by atoms with Gasteiger partial charge in [-0.25, -0.2) is 0 Å². The maximum atomic E-state index is 9.53. The lowest BCUT2D eigenvalue weighted by atomic mass is 10.1. The van der Waals surface area contributed by atoms with E-state index in [1.165, 1.54) is 11.3 Å². The first-order valence-corrected chi connectivity index (χ1v) is 5.47. The van der Waals surface area contributed by atoms with Crippen LogP contribution < -0.4 is 10.5 Å². The Labute approximate surface area is 85.9 Å². The van der Waals surface area contributed by atoms with Gasteiger partial charge in [0.1, 0.15) is 0 Å². The monoisotopic (exact) mass is 215 g/mol. The zero-order chi connectivity index (χ0) is 9.97. The number of ether oxygens (including phenoxy) is 1. The average molecular weight is 215 g/mol. The summed E-state index contributed by atoms with van der Waals surface area (Å²) in [6.45, 7) is 0.510. The standard InChI is InChI=1S/C8H13N3O2S/c9-7-10-11-8(14-7)13-4-5-2-1-3-6(5)12/h5-6,12H,1-4H2,(H2,9,10)/t5-,6-/m0/s1. The van der Waals surface area contributed by atoms with Crippen LogP contribution in [0.2, 0.25) is 0 Å². The van der Waals surface area contributed by atoms with Gasteiger partial charge >= 0.3 is 0 Å². The van der Waals surface area contributed by atoms with Gasteiger partial charge in [-0.15, -0.1) is 5.10 Å². The van der Waals surface area contributed by atoms with E-state index in [1.54, 1.807) is 0 Å². The van der Waals surface area contributed by atoms with Gasteiger partial charge in [-0.1, -0.05) is 11.5 Å². The number of anilines is 1.